The summed E-state index contributed by atoms with van der Waals surface area (Å²) in [7, 11) is 1.90. The first kappa shape index (κ1) is 13.4. The second-order valence-electron chi connectivity index (χ2n) is 4.78. The van der Waals surface area contributed by atoms with Crippen molar-refractivity contribution in [1.82, 2.24) is 14.9 Å². The number of aryl methyl sites for hydroxylation is 1. The van der Waals surface area contributed by atoms with Crippen LogP contribution in [0.25, 0.3) is 11.0 Å². The predicted molar refractivity (Wildman–Crippen MR) is 76.7 cm³/mol. The number of hydrogen-bond donors (Lipinski definition) is 2. The van der Waals surface area contributed by atoms with E-state index < -0.39 is 6.04 Å². The number of nitrogens with one attached hydrogen (secondary N) is 1. The third kappa shape index (κ3) is 2.53. The summed E-state index contributed by atoms with van der Waals surface area (Å²) in [6.45, 7) is -0.231. The van der Waals surface area contributed by atoms with E-state index in [9.17, 15) is 9.90 Å². The van der Waals surface area contributed by atoms with Gasteiger partial charge in [-0.05, 0) is 30.3 Å². The number of rotatable bonds is 4. The van der Waals surface area contributed by atoms with Gasteiger partial charge in [0.1, 0.15) is 11.8 Å². The van der Waals surface area contributed by atoms with E-state index in [0.717, 1.165) is 11.0 Å². The summed E-state index contributed by atoms with van der Waals surface area (Å²) < 4.78 is 7.09. The number of nitrogens with zero attached hydrogens (tertiary/aromatic N) is 2. The van der Waals surface area contributed by atoms with E-state index in [0.29, 0.717) is 11.3 Å². The monoisotopic (exact) mass is 285 g/mol. The first-order valence-corrected chi connectivity index (χ1v) is 6.55. The Morgan fingerprint density at radius 2 is 2.33 bits per heavy atom. The minimum atomic E-state index is -0.563. The molecule has 0 saturated heterocycles. The molecule has 0 aliphatic carbocycles. The van der Waals surface area contributed by atoms with Gasteiger partial charge in [-0.25, -0.2) is 4.98 Å². The Morgan fingerprint density at radius 3 is 3.05 bits per heavy atom. The van der Waals surface area contributed by atoms with Crippen molar-refractivity contribution in [3.05, 3.63) is 54.2 Å². The number of benzene rings is 1. The second-order valence-corrected chi connectivity index (χ2v) is 4.78. The zero-order valence-corrected chi connectivity index (χ0v) is 11.5. The number of aliphatic hydroxyl groups is 1. The third-order valence-electron chi connectivity index (χ3n) is 3.36. The molecule has 1 aromatic carbocycles. The summed E-state index contributed by atoms with van der Waals surface area (Å²) in [5.74, 6) is 0.239. The average molecular weight is 285 g/mol. The molecule has 0 bridgehead atoms. The molecule has 2 heterocycles. The molecule has 0 saturated carbocycles. The van der Waals surface area contributed by atoms with Crippen LogP contribution in [0.4, 0.5) is 0 Å². The lowest BCUT2D eigenvalue weighted by Gasteiger charge is -2.13. The number of imidazole rings is 1. The second kappa shape index (κ2) is 5.41. The van der Waals surface area contributed by atoms with Crippen LogP contribution >= 0.6 is 0 Å². The number of carbonyl (C=O) groups is 1. The highest BCUT2D eigenvalue weighted by atomic mass is 16.3. The average Bonchev–Trinajstić information content (AvgIpc) is 3.14. The maximum absolute atomic E-state index is 12.3. The molecule has 2 N–H and O–H groups in total. The Morgan fingerprint density at radius 1 is 1.48 bits per heavy atom. The van der Waals surface area contributed by atoms with E-state index in [2.05, 4.69) is 10.3 Å². The van der Waals surface area contributed by atoms with Crippen LogP contribution in [0.5, 0.6) is 0 Å². The highest BCUT2D eigenvalue weighted by Gasteiger charge is 2.17. The Labute approximate surface area is 121 Å². The predicted octanol–water partition coefficient (Wildman–Crippen LogP) is 1.63. The van der Waals surface area contributed by atoms with Crippen molar-refractivity contribution in [3.63, 3.8) is 0 Å². The normalized spacial score (nSPS) is 12.5. The van der Waals surface area contributed by atoms with E-state index >= 15 is 0 Å². The van der Waals surface area contributed by atoms with Crippen LogP contribution in [0, 0.1) is 0 Å². The molecule has 108 valence electrons. The molecule has 0 spiro atoms. The molecule has 6 nitrogen and oxygen atoms in total. The number of hydrogen-bond acceptors (Lipinski definition) is 4. The molecule has 0 radical (unpaired) electrons. The molecule has 21 heavy (non-hydrogen) atoms. The molecule has 1 unspecified atom stereocenters. The van der Waals surface area contributed by atoms with Gasteiger partial charge in [-0.15, -0.1) is 0 Å². The van der Waals surface area contributed by atoms with Crippen LogP contribution in [0.1, 0.15) is 22.2 Å². The van der Waals surface area contributed by atoms with Gasteiger partial charge in [0.25, 0.3) is 5.91 Å². The quantitative estimate of drug-likeness (QED) is 0.763. The number of amides is 1. The summed E-state index contributed by atoms with van der Waals surface area (Å²) in [5, 5.41) is 12.1. The van der Waals surface area contributed by atoms with Gasteiger partial charge in [-0.3, -0.25) is 4.79 Å². The van der Waals surface area contributed by atoms with Crippen molar-refractivity contribution in [2.45, 2.75) is 6.04 Å². The minimum Gasteiger partial charge on any atom is -0.467 e. The Hall–Kier alpha value is -2.60. The summed E-state index contributed by atoms with van der Waals surface area (Å²) in [6.07, 6.45) is 3.20. The number of furan rings is 1. The van der Waals surface area contributed by atoms with Crippen LogP contribution in [-0.4, -0.2) is 27.2 Å². The third-order valence-corrected chi connectivity index (χ3v) is 3.36. The molecule has 6 heteroatoms. The van der Waals surface area contributed by atoms with Gasteiger partial charge < -0.3 is 19.4 Å². The Bertz CT molecular complexity index is 762. The lowest BCUT2D eigenvalue weighted by atomic mass is 10.1. The van der Waals surface area contributed by atoms with Gasteiger partial charge in [0, 0.05) is 12.6 Å². The highest BCUT2D eigenvalue weighted by Crippen LogP contribution is 2.16. The van der Waals surface area contributed by atoms with Gasteiger partial charge in [0.2, 0.25) is 0 Å². The lowest BCUT2D eigenvalue weighted by molar-refractivity contribution is 0.0907. The van der Waals surface area contributed by atoms with Crippen molar-refractivity contribution < 1.29 is 14.3 Å². The molecule has 0 aliphatic rings. The van der Waals surface area contributed by atoms with Gasteiger partial charge in [-0.1, -0.05) is 0 Å². The maximum atomic E-state index is 12.3. The van der Waals surface area contributed by atoms with Crippen molar-refractivity contribution in [2.24, 2.45) is 7.05 Å². The van der Waals surface area contributed by atoms with E-state index in [4.69, 9.17) is 4.42 Å². The number of aromatic nitrogens is 2. The van der Waals surface area contributed by atoms with E-state index in [1.165, 1.54) is 6.26 Å². The minimum absolute atomic E-state index is 0.231. The molecule has 1 amide bonds. The zero-order chi connectivity index (χ0) is 14.8. The number of fused-ring (bicyclic) bond motifs is 1. The molecule has 1 atom stereocenters. The summed E-state index contributed by atoms with van der Waals surface area (Å²) >= 11 is 0. The number of carbonyl (C=O) groups excluding carboxylic acids is 1. The van der Waals surface area contributed by atoms with Crippen LogP contribution < -0.4 is 5.32 Å². The van der Waals surface area contributed by atoms with Gasteiger partial charge in [-0.2, -0.15) is 0 Å². The zero-order valence-electron chi connectivity index (χ0n) is 11.5. The van der Waals surface area contributed by atoms with Crippen molar-refractivity contribution in [1.29, 1.82) is 0 Å². The summed E-state index contributed by atoms with van der Waals surface area (Å²) in [6, 6.07) is 8.16. The standard InChI is InChI=1S/C15H15N3O3/c1-18-9-16-11-7-10(4-5-13(11)18)15(20)17-12(8-19)14-3-2-6-21-14/h2-7,9,12,19H,8H2,1H3,(H,17,20). The first-order chi connectivity index (χ1) is 10.2. The van der Waals surface area contributed by atoms with Crippen LogP contribution in [-0.2, 0) is 7.05 Å². The molecule has 0 aliphatic heterocycles. The lowest BCUT2D eigenvalue weighted by Crippen LogP contribution is -2.30. The van der Waals surface area contributed by atoms with E-state index in [1.807, 2.05) is 17.7 Å². The highest BCUT2D eigenvalue weighted by molar-refractivity contribution is 5.97. The Kier molecular flexibility index (Phi) is 3.45. The summed E-state index contributed by atoms with van der Waals surface area (Å²) in [5.41, 5.74) is 2.20. The van der Waals surface area contributed by atoms with Crippen molar-refractivity contribution in [2.75, 3.05) is 6.61 Å². The van der Waals surface area contributed by atoms with E-state index in [-0.39, 0.29) is 12.5 Å². The van der Waals surface area contributed by atoms with Crippen molar-refractivity contribution >= 4 is 16.9 Å². The molecule has 0 fully saturated rings. The first-order valence-electron chi connectivity index (χ1n) is 6.55. The summed E-state index contributed by atoms with van der Waals surface area (Å²) in [4.78, 5) is 16.5. The fraction of sp³-hybridized carbons (Fsp3) is 0.200. The topological polar surface area (TPSA) is 80.3 Å². The molecule has 2 aromatic heterocycles. The van der Waals surface area contributed by atoms with E-state index in [1.54, 1.807) is 30.6 Å². The molecule has 3 rings (SSSR count). The maximum Gasteiger partial charge on any atom is 0.252 e. The van der Waals surface area contributed by atoms with Gasteiger partial charge >= 0.3 is 0 Å². The number of aliphatic hydroxyl groups excluding tert-OH is 1. The molecular weight excluding hydrogens is 270 g/mol. The molecule has 3 aromatic rings. The van der Waals surface area contributed by atoms with Gasteiger partial charge in [0.05, 0.1) is 30.2 Å². The van der Waals surface area contributed by atoms with Gasteiger partial charge in [0.15, 0.2) is 0 Å². The largest absolute Gasteiger partial charge is 0.467 e. The fourth-order valence-corrected chi connectivity index (χ4v) is 2.22. The van der Waals surface area contributed by atoms with Crippen LogP contribution in [0.15, 0.2) is 47.3 Å². The van der Waals surface area contributed by atoms with Crippen molar-refractivity contribution in [3.8, 4) is 0 Å². The molecular formula is C15H15N3O3. The van der Waals surface area contributed by atoms with Crippen LogP contribution in [0.2, 0.25) is 0 Å². The fourth-order valence-electron chi connectivity index (χ4n) is 2.22. The van der Waals surface area contributed by atoms with Crippen LogP contribution in [0.3, 0.4) is 0 Å². The smallest absolute Gasteiger partial charge is 0.252 e. The SMILES string of the molecule is Cn1cnc2cc(C(=O)NC(CO)c3ccco3)ccc21. The Balaban J connectivity index is 1.83.